The molecule has 2 fully saturated rings. The van der Waals surface area contributed by atoms with Gasteiger partial charge in [0.1, 0.15) is 0 Å². The van der Waals surface area contributed by atoms with E-state index in [4.69, 9.17) is 11.6 Å². The molecule has 7 rings (SSSR count). The Morgan fingerprint density at radius 2 is 1.17 bits per heavy atom. The van der Waals surface area contributed by atoms with Gasteiger partial charge in [-0.25, -0.2) is 0 Å². The summed E-state index contributed by atoms with van der Waals surface area (Å²) in [5, 5.41) is 13.7. The maximum Gasteiger partial charge on any atom is 0.253 e. The second-order valence-electron chi connectivity index (χ2n) is 11.2. The first-order valence-electron chi connectivity index (χ1n) is 14.6. The van der Waals surface area contributed by atoms with Crippen molar-refractivity contribution in [2.75, 3.05) is 26.2 Å². The molecule has 2 aliphatic heterocycles. The number of halogens is 1. The number of piperidine rings is 2. The number of likely N-dealkylation sites (tertiary alicyclic amines) is 2. The second kappa shape index (κ2) is 12.0. The van der Waals surface area contributed by atoms with Crippen molar-refractivity contribution in [1.82, 2.24) is 19.8 Å². The number of hydrogen-bond donors (Lipinski definition) is 3. The van der Waals surface area contributed by atoms with Gasteiger partial charge in [0.2, 0.25) is 0 Å². The Kier molecular flexibility index (Phi) is 8.05. The number of hydrogen-bond acceptors (Lipinski definition) is 3. The molecule has 2 aliphatic rings. The number of nitrogens with zero attached hydrogens (tertiary/aromatic N) is 2. The number of aromatic nitrogens is 2. The van der Waals surface area contributed by atoms with Gasteiger partial charge in [-0.05, 0) is 98.3 Å². The first-order chi connectivity index (χ1) is 20.4. The lowest BCUT2D eigenvalue weighted by molar-refractivity contribution is -0.0211. The lowest BCUT2D eigenvalue weighted by Gasteiger charge is -2.38. The SMILES string of the molecule is O=C(c1ccc2[nH]ccc2c1)N1CCC(O)(c2ccc(Cl)cc2)CC1.O=C(c1ccc2[nH]ccc2c1)N1CCCCC1. The van der Waals surface area contributed by atoms with Crippen LogP contribution in [0.3, 0.4) is 0 Å². The van der Waals surface area contributed by atoms with Gasteiger partial charge in [0, 0.05) is 76.5 Å². The zero-order valence-electron chi connectivity index (χ0n) is 23.5. The minimum absolute atomic E-state index is 0.0151. The van der Waals surface area contributed by atoms with Crippen LogP contribution in [-0.2, 0) is 5.60 Å². The maximum absolute atomic E-state index is 12.8. The van der Waals surface area contributed by atoms with Gasteiger partial charge in [0.25, 0.3) is 11.8 Å². The van der Waals surface area contributed by atoms with Crippen molar-refractivity contribution in [2.45, 2.75) is 37.7 Å². The molecule has 216 valence electrons. The van der Waals surface area contributed by atoms with E-state index < -0.39 is 5.60 Å². The van der Waals surface area contributed by atoms with E-state index in [9.17, 15) is 14.7 Å². The highest BCUT2D eigenvalue weighted by molar-refractivity contribution is 6.30. The Balaban J connectivity index is 0.000000162. The Hall–Kier alpha value is -4.07. The highest BCUT2D eigenvalue weighted by Crippen LogP contribution is 2.34. The van der Waals surface area contributed by atoms with Crippen molar-refractivity contribution in [3.8, 4) is 0 Å². The van der Waals surface area contributed by atoms with Crippen LogP contribution in [0.25, 0.3) is 21.8 Å². The maximum atomic E-state index is 12.8. The predicted octanol–water partition coefficient (Wildman–Crippen LogP) is 6.74. The summed E-state index contributed by atoms with van der Waals surface area (Å²) in [6, 6.07) is 22.8. The number of nitrogens with one attached hydrogen (secondary N) is 2. The number of carbonyl (C=O) groups excluding carboxylic acids is 2. The zero-order chi connectivity index (χ0) is 29.1. The van der Waals surface area contributed by atoms with Crippen molar-refractivity contribution in [3.05, 3.63) is 107 Å². The van der Waals surface area contributed by atoms with Crippen LogP contribution in [-0.4, -0.2) is 62.9 Å². The predicted molar refractivity (Wildman–Crippen MR) is 167 cm³/mol. The minimum Gasteiger partial charge on any atom is -0.385 e. The molecule has 7 nitrogen and oxygen atoms in total. The highest BCUT2D eigenvalue weighted by atomic mass is 35.5. The summed E-state index contributed by atoms with van der Waals surface area (Å²) in [5.74, 6) is 0.189. The summed E-state index contributed by atoms with van der Waals surface area (Å²) < 4.78 is 0. The molecule has 0 atom stereocenters. The van der Waals surface area contributed by atoms with E-state index in [2.05, 4.69) is 9.97 Å². The van der Waals surface area contributed by atoms with Gasteiger partial charge in [-0.3, -0.25) is 9.59 Å². The molecule has 3 aromatic carbocycles. The molecule has 2 aromatic heterocycles. The Bertz CT molecular complexity index is 1690. The summed E-state index contributed by atoms with van der Waals surface area (Å²) in [7, 11) is 0. The standard InChI is InChI=1S/C20H19ClN2O2.C14H16N2O/c21-17-4-2-16(3-5-17)20(25)8-11-23(12-9-20)19(24)15-1-6-18-14(13-15)7-10-22-18;17-14(16-8-2-1-3-9-16)12-4-5-13-11(10-12)6-7-15-13/h1-7,10,13,22,25H,8-9,11-12H2;4-7,10,15H,1-3,8-9H2. The normalized spacial score (nSPS) is 16.7. The number of aliphatic hydroxyl groups is 1. The molecule has 2 amide bonds. The first-order valence-corrected chi connectivity index (χ1v) is 15.0. The fourth-order valence-electron chi connectivity index (χ4n) is 5.96. The van der Waals surface area contributed by atoms with Gasteiger partial charge >= 0.3 is 0 Å². The fraction of sp³-hybridized carbons (Fsp3) is 0.294. The Labute approximate surface area is 250 Å². The monoisotopic (exact) mass is 582 g/mol. The van der Waals surface area contributed by atoms with E-state index in [0.29, 0.717) is 36.5 Å². The molecule has 3 N–H and O–H groups in total. The fourth-order valence-corrected chi connectivity index (χ4v) is 6.09. The van der Waals surface area contributed by atoms with Crippen molar-refractivity contribution >= 4 is 45.2 Å². The summed E-state index contributed by atoms with van der Waals surface area (Å²) in [6.45, 7) is 2.88. The van der Waals surface area contributed by atoms with E-state index in [-0.39, 0.29) is 11.8 Å². The second-order valence-corrected chi connectivity index (χ2v) is 11.7. The van der Waals surface area contributed by atoms with Crippen LogP contribution in [0.5, 0.6) is 0 Å². The number of amides is 2. The van der Waals surface area contributed by atoms with Crippen molar-refractivity contribution in [3.63, 3.8) is 0 Å². The average Bonchev–Trinajstić information content (AvgIpc) is 3.71. The molecule has 42 heavy (non-hydrogen) atoms. The van der Waals surface area contributed by atoms with Crippen LogP contribution in [0.4, 0.5) is 0 Å². The highest BCUT2D eigenvalue weighted by Gasteiger charge is 2.35. The molecular formula is C34H35ClN4O3. The summed E-state index contributed by atoms with van der Waals surface area (Å²) in [5.41, 5.74) is 3.56. The molecule has 0 radical (unpaired) electrons. The van der Waals surface area contributed by atoms with E-state index in [1.165, 1.54) is 6.42 Å². The molecule has 8 heteroatoms. The molecule has 5 aromatic rings. The van der Waals surface area contributed by atoms with E-state index >= 15 is 0 Å². The molecular weight excluding hydrogens is 548 g/mol. The first kappa shape index (κ1) is 28.1. The van der Waals surface area contributed by atoms with Crippen molar-refractivity contribution < 1.29 is 14.7 Å². The Morgan fingerprint density at radius 1 is 0.667 bits per heavy atom. The van der Waals surface area contributed by atoms with Crippen LogP contribution in [0.1, 0.15) is 58.4 Å². The molecule has 0 unspecified atom stereocenters. The van der Waals surface area contributed by atoms with E-state index in [1.54, 1.807) is 12.1 Å². The largest absolute Gasteiger partial charge is 0.385 e. The quantitative estimate of drug-likeness (QED) is 0.220. The number of carbonyl (C=O) groups is 2. The van der Waals surface area contributed by atoms with Gasteiger partial charge in [0.05, 0.1) is 5.60 Å². The number of benzene rings is 3. The van der Waals surface area contributed by atoms with Gasteiger partial charge < -0.3 is 24.9 Å². The number of aromatic amines is 2. The molecule has 0 saturated carbocycles. The van der Waals surface area contributed by atoms with Crippen molar-refractivity contribution in [1.29, 1.82) is 0 Å². The molecule has 0 bridgehead atoms. The molecule has 2 saturated heterocycles. The van der Waals surface area contributed by atoms with Crippen molar-refractivity contribution in [2.24, 2.45) is 0 Å². The average molecular weight is 583 g/mol. The summed E-state index contributed by atoms with van der Waals surface area (Å²) in [4.78, 5) is 35.1. The number of H-pyrrole nitrogens is 2. The van der Waals surface area contributed by atoms with Crippen LogP contribution < -0.4 is 0 Å². The zero-order valence-corrected chi connectivity index (χ0v) is 24.2. The molecule has 4 heterocycles. The smallest absolute Gasteiger partial charge is 0.253 e. The van der Waals surface area contributed by atoms with Gasteiger partial charge in [-0.1, -0.05) is 23.7 Å². The van der Waals surface area contributed by atoms with Crippen LogP contribution in [0.2, 0.25) is 5.02 Å². The topological polar surface area (TPSA) is 92.4 Å². The lowest BCUT2D eigenvalue weighted by Crippen LogP contribution is -2.45. The van der Waals surface area contributed by atoms with Crippen LogP contribution in [0, 0.1) is 0 Å². The van der Waals surface area contributed by atoms with E-state index in [1.807, 2.05) is 82.9 Å². The third-order valence-corrected chi connectivity index (χ3v) is 8.76. The number of rotatable bonds is 3. The van der Waals surface area contributed by atoms with Gasteiger partial charge in [-0.15, -0.1) is 0 Å². The molecule has 0 spiro atoms. The van der Waals surface area contributed by atoms with Crippen LogP contribution in [0.15, 0.2) is 85.2 Å². The lowest BCUT2D eigenvalue weighted by atomic mass is 9.84. The summed E-state index contributed by atoms with van der Waals surface area (Å²) >= 11 is 5.93. The van der Waals surface area contributed by atoms with E-state index in [0.717, 1.165) is 58.9 Å². The van der Waals surface area contributed by atoms with Crippen LogP contribution >= 0.6 is 11.6 Å². The third-order valence-electron chi connectivity index (χ3n) is 8.50. The minimum atomic E-state index is -0.897. The third kappa shape index (κ3) is 5.94. The molecule has 0 aliphatic carbocycles. The number of fused-ring (bicyclic) bond motifs is 2. The summed E-state index contributed by atoms with van der Waals surface area (Å²) in [6.07, 6.45) is 8.34. The van der Waals surface area contributed by atoms with Gasteiger partial charge in [0.15, 0.2) is 0 Å². The van der Waals surface area contributed by atoms with Gasteiger partial charge in [-0.2, -0.15) is 0 Å². The Morgan fingerprint density at radius 3 is 1.69 bits per heavy atom.